The van der Waals surface area contributed by atoms with Crippen LogP contribution in [0.1, 0.15) is 12.5 Å². The lowest BCUT2D eigenvalue weighted by molar-refractivity contribution is -0.132. The summed E-state index contributed by atoms with van der Waals surface area (Å²) in [6, 6.07) is 4.93. The predicted molar refractivity (Wildman–Crippen MR) is 64.2 cm³/mol. The topological polar surface area (TPSA) is 52.6 Å². The van der Waals surface area contributed by atoms with Crippen LogP contribution in [0.2, 0.25) is 0 Å². The van der Waals surface area contributed by atoms with Gasteiger partial charge in [-0.15, -0.1) is 0 Å². The first kappa shape index (κ1) is 13.3. The monoisotopic (exact) mass is 254 g/mol. The molecule has 0 bridgehead atoms. The molecule has 0 aliphatic carbocycles. The SMILES string of the molecule is COc1ccc(/C=C/C(=O)Cl)cc1OC(C)=O. The van der Waals surface area contributed by atoms with E-state index in [1.54, 1.807) is 18.2 Å². The Labute approximate surface area is 104 Å². The van der Waals surface area contributed by atoms with Crippen molar-refractivity contribution in [3.8, 4) is 11.5 Å². The molecule has 0 heterocycles. The minimum Gasteiger partial charge on any atom is -0.493 e. The van der Waals surface area contributed by atoms with Crippen LogP contribution in [0.5, 0.6) is 11.5 Å². The fourth-order valence-electron chi connectivity index (χ4n) is 1.19. The van der Waals surface area contributed by atoms with Gasteiger partial charge in [0.15, 0.2) is 11.5 Å². The summed E-state index contributed by atoms with van der Waals surface area (Å²) >= 11 is 5.17. The number of ether oxygens (including phenoxy) is 2. The molecular weight excluding hydrogens is 244 g/mol. The summed E-state index contributed by atoms with van der Waals surface area (Å²) in [7, 11) is 1.47. The van der Waals surface area contributed by atoms with E-state index in [2.05, 4.69) is 0 Å². The third-order valence-corrected chi connectivity index (χ3v) is 1.97. The van der Waals surface area contributed by atoms with Crippen molar-refractivity contribution in [1.29, 1.82) is 0 Å². The molecule has 4 nitrogen and oxygen atoms in total. The van der Waals surface area contributed by atoms with Crippen LogP contribution in [-0.2, 0) is 9.59 Å². The van der Waals surface area contributed by atoms with Gasteiger partial charge in [-0.1, -0.05) is 12.1 Å². The molecule has 0 amide bonds. The van der Waals surface area contributed by atoms with Gasteiger partial charge in [0.2, 0.25) is 5.24 Å². The van der Waals surface area contributed by atoms with Crippen molar-refractivity contribution in [3.63, 3.8) is 0 Å². The highest BCUT2D eigenvalue weighted by Gasteiger charge is 2.07. The second-order valence-corrected chi connectivity index (χ2v) is 3.51. The number of halogens is 1. The molecular formula is C12H11ClO4. The van der Waals surface area contributed by atoms with Gasteiger partial charge < -0.3 is 9.47 Å². The number of rotatable bonds is 4. The Balaban J connectivity index is 3.03. The maximum absolute atomic E-state index is 10.9. The van der Waals surface area contributed by atoms with Crippen LogP contribution in [-0.4, -0.2) is 18.3 Å². The van der Waals surface area contributed by atoms with Crippen LogP contribution >= 0.6 is 11.6 Å². The number of esters is 1. The molecule has 1 aromatic rings. The Morgan fingerprint density at radius 3 is 2.53 bits per heavy atom. The minimum absolute atomic E-state index is 0.296. The average molecular weight is 255 g/mol. The molecule has 0 spiro atoms. The zero-order chi connectivity index (χ0) is 12.8. The van der Waals surface area contributed by atoms with E-state index in [1.807, 2.05) is 0 Å². The van der Waals surface area contributed by atoms with Gasteiger partial charge in [-0.25, -0.2) is 0 Å². The molecule has 0 aliphatic rings. The number of allylic oxidation sites excluding steroid dienone is 1. The zero-order valence-corrected chi connectivity index (χ0v) is 10.2. The van der Waals surface area contributed by atoms with Crippen molar-refractivity contribution in [3.05, 3.63) is 29.8 Å². The summed E-state index contributed by atoms with van der Waals surface area (Å²) in [5.74, 6) is 0.288. The highest BCUT2D eigenvalue weighted by molar-refractivity contribution is 6.66. The van der Waals surface area contributed by atoms with Gasteiger partial charge in [-0.05, 0) is 35.4 Å². The second-order valence-electron chi connectivity index (χ2n) is 3.14. The zero-order valence-electron chi connectivity index (χ0n) is 9.40. The first-order valence-electron chi connectivity index (χ1n) is 4.77. The normalized spacial score (nSPS) is 10.3. The Hall–Kier alpha value is -1.81. The van der Waals surface area contributed by atoms with Crippen LogP contribution < -0.4 is 9.47 Å². The van der Waals surface area contributed by atoms with Crippen molar-refractivity contribution < 1.29 is 19.1 Å². The molecule has 0 N–H and O–H groups in total. The lowest BCUT2D eigenvalue weighted by Gasteiger charge is -2.08. The summed E-state index contributed by atoms with van der Waals surface area (Å²) in [4.78, 5) is 21.5. The van der Waals surface area contributed by atoms with E-state index in [0.29, 0.717) is 17.1 Å². The number of methoxy groups -OCH3 is 1. The second kappa shape index (κ2) is 6.06. The molecule has 0 unspecified atom stereocenters. The number of carbonyl (C=O) groups is 2. The molecule has 1 rings (SSSR count). The number of carbonyl (C=O) groups excluding carboxylic acids is 2. The number of hydrogen-bond donors (Lipinski definition) is 0. The first-order chi connectivity index (χ1) is 8.02. The lowest BCUT2D eigenvalue weighted by Crippen LogP contribution is -2.03. The summed E-state index contributed by atoms with van der Waals surface area (Å²) in [5.41, 5.74) is 0.677. The summed E-state index contributed by atoms with van der Waals surface area (Å²) in [5, 5.41) is -0.574. The fraction of sp³-hybridized carbons (Fsp3) is 0.167. The van der Waals surface area contributed by atoms with Crippen molar-refractivity contribution in [2.45, 2.75) is 6.92 Å². The van der Waals surface area contributed by atoms with E-state index in [4.69, 9.17) is 21.1 Å². The van der Waals surface area contributed by atoms with Gasteiger partial charge in [-0.3, -0.25) is 9.59 Å². The largest absolute Gasteiger partial charge is 0.493 e. The highest BCUT2D eigenvalue weighted by atomic mass is 35.5. The first-order valence-corrected chi connectivity index (χ1v) is 5.14. The molecule has 5 heteroatoms. The van der Waals surface area contributed by atoms with Gasteiger partial charge in [0.25, 0.3) is 0 Å². The van der Waals surface area contributed by atoms with Crippen LogP contribution in [0.3, 0.4) is 0 Å². The van der Waals surface area contributed by atoms with Gasteiger partial charge >= 0.3 is 5.97 Å². The molecule has 0 atom stereocenters. The van der Waals surface area contributed by atoms with E-state index < -0.39 is 11.2 Å². The predicted octanol–water partition coefficient (Wildman–Crippen LogP) is 2.40. The number of hydrogen-bond acceptors (Lipinski definition) is 4. The van der Waals surface area contributed by atoms with Crippen LogP contribution in [0.15, 0.2) is 24.3 Å². The van der Waals surface area contributed by atoms with E-state index >= 15 is 0 Å². The molecule has 0 aromatic heterocycles. The third-order valence-electron chi connectivity index (χ3n) is 1.85. The molecule has 0 fully saturated rings. The smallest absolute Gasteiger partial charge is 0.308 e. The fourth-order valence-corrected chi connectivity index (χ4v) is 1.26. The Bertz CT molecular complexity index is 466. The Morgan fingerprint density at radius 1 is 1.29 bits per heavy atom. The molecule has 17 heavy (non-hydrogen) atoms. The van der Waals surface area contributed by atoms with Crippen molar-refractivity contribution in [2.75, 3.05) is 7.11 Å². The third kappa shape index (κ3) is 4.28. The lowest BCUT2D eigenvalue weighted by atomic mass is 10.2. The maximum atomic E-state index is 10.9. The van der Waals surface area contributed by atoms with Crippen molar-refractivity contribution in [2.24, 2.45) is 0 Å². The van der Waals surface area contributed by atoms with Crippen LogP contribution in [0, 0.1) is 0 Å². The highest BCUT2D eigenvalue weighted by Crippen LogP contribution is 2.28. The van der Waals surface area contributed by atoms with Gasteiger partial charge in [0.05, 0.1) is 7.11 Å². The maximum Gasteiger partial charge on any atom is 0.308 e. The molecule has 90 valence electrons. The molecule has 1 aromatic carbocycles. The van der Waals surface area contributed by atoms with E-state index in [1.165, 1.54) is 26.2 Å². The van der Waals surface area contributed by atoms with Crippen molar-refractivity contribution >= 4 is 28.9 Å². The summed E-state index contributed by atoms with van der Waals surface area (Å²) < 4.78 is 10.0. The van der Waals surface area contributed by atoms with Crippen molar-refractivity contribution in [1.82, 2.24) is 0 Å². The minimum atomic E-state index is -0.574. The van der Waals surface area contributed by atoms with E-state index in [0.717, 1.165) is 0 Å². The van der Waals surface area contributed by atoms with Gasteiger partial charge in [-0.2, -0.15) is 0 Å². The molecule has 0 radical (unpaired) electrons. The quantitative estimate of drug-likeness (QED) is 0.358. The molecule has 0 saturated carbocycles. The van der Waals surface area contributed by atoms with E-state index in [-0.39, 0.29) is 0 Å². The Morgan fingerprint density at radius 2 is 2.00 bits per heavy atom. The summed E-state index contributed by atoms with van der Waals surface area (Å²) in [6.45, 7) is 1.30. The summed E-state index contributed by atoms with van der Waals surface area (Å²) in [6.07, 6.45) is 2.72. The van der Waals surface area contributed by atoms with E-state index in [9.17, 15) is 9.59 Å². The standard InChI is InChI=1S/C12H11ClO4/c1-8(14)17-11-7-9(4-6-12(13)15)3-5-10(11)16-2/h3-7H,1-2H3/b6-4+. The van der Waals surface area contributed by atoms with Gasteiger partial charge in [0, 0.05) is 6.92 Å². The van der Waals surface area contributed by atoms with Crippen LogP contribution in [0.25, 0.3) is 6.08 Å². The average Bonchev–Trinajstić information content (AvgIpc) is 2.25. The molecule has 0 saturated heterocycles. The number of benzene rings is 1. The van der Waals surface area contributed by atoms with Gasteiger partial charge in [0.1, 0.15) is 0 Å². The molecule has 0 aliphatic heterocycles. The Kier molecular flexibility index (Phi) is 4.72. The van der Waals surface area contributed by atoms with Crippen LogP contribution in [0.4, 0.5) is 0 Å².